The molecule has 1 saturated heterocycles. The quantitative estimate of drug-likeness (QED) is 0.438. The molecule has 0 aromatic rings. The fourth-order valence-corrected chi connectivity index (χ4v) is 3.83. The zero-order valence-corrected chi connectivity index (χ0v) is 14.1. The van der Waals surface area contributed by atoms with Gasteiger partial charge >= 0.3 is 6.03 Å². The summed E-state index contributed by atoms with van der Waals surface area (Å²) in [5, 5.41) is 17.1. The first-order valence-corrected chi connectivity index (χ1v) is 8.42. The largest absolute Gasteiger partial charge is 0.392 e. The van der Waals surface area contributed by atoms with Crippen LogP contribution in [0.3, 0.4) is 0 Å². The second-order valence-electron chi connectivity index (χ2n) is 7.05. The number of amides is 4. The number of imide groups is 1. The SMILES string of the molecule is C[C@H]1C[C@@H]([C@H](O)C[C@@H]2CCC(=O)NC2=O)/C(=N/NC(N)=O)[C@@H](C)C1. The van der Waals surface area contributed by atoms with Gasteiger partial charge in [0, 0.05) is 24.0 Å². The van der Waals surface area contributed by atoms with Gasteiger partial charge in [-0.2, -0.15) is 5.10 Å². The summed E-state index contributed by atoms with van der Waals surface area (Å²) in [6.45, 7) is 4.11. The number of carbonyl (C=O) groups is 3. The van der Waals surface area contributed by atoms with E-state index < -0.39 is 12.1 Å². The molecule has 0 aromatic heterocycles. The Morgan fingerprint density at radius 3 is 2.75 bits per heavy atom. The van der Waals surface area contributed by atoms with E-state index in [1.54, 1.807) is 0 Å². The lowest BCUT2D eigenvalue weighted by Crippen LogP contribution is -2.45. The van der Waals surface area contributed by atoms with Crippen molar-refractivity contribution in [2.45, 2.75) is 52.1 Å². The summed E-state index contributed by atoms with van der Waals surface area (Å²) >= 11 is 0. The van der Waals surface area contributed by atoms with Gasteiger partial charge in [0.05, 0.1) is 6.10 Å². The van der Waals surface area contributed by atoms with Crippen molar-refractivity contribution >= 4 is 23.6 Å². The molecule has 0 bridgehead atoms. The number of primary amides is 1. The Balaban J connectivity index is 2.09. The van der Waals surface area contributed by atoms with E-state index in [9.17, 15) is 19.5 Å². The van der Waals surface area contributed by atoms with Crippen molar-refractivity contribution in [2.24, 2.45) is 34.5 Å². The number of rotatable bonds is 4. The molecule has 0 unspecified atom stereocenters. The van der Waals surface area contributed by atoms with Gasteiger partial charge in [-0.3, -0.25) is 14.9 Å². The molecule has 1 heterocycles. The first kappa shape index (κ1) is 18.4. The summed E-state index contributed by atoms with van der Waals surface area (Å²) in [4.78, 5) is 34.1. The van der Waals surface area contributed by atoms with Gasteiger partial charge in [0.1, 0.15) is 0 Å². The fraction of sp³-hybridized carbons (Fsp3) is 0.750. The number of carbonyl (C=O) groups excluding carboxylic acids is 3. The minimum Gasteiger partial charge on any atom is -0.392 e. The van der Waals surface area contributed by atoms with Crippen molar-refractivity contribution in [2.75, 3.05) is 0 Å². The maximum absolute atomic E-state index is 11.9. The van der Waals surface area contributed by atoms with Crippen molar-refractivity contribution in [3.8, 4) is 0 Å². The molecule has 0 radical (unpaired) electrons. The van der Waals surface area contributed by atoms with E-state index in [-0.39, 0.29) is 36.0 Å². The highest BCUT2D eigenvalue weighted by atomic mass is 16.3. The predicted octanol–water partition coefficient (Wildman–Crippen LogP) is 0.497. The lowest BCUT2D eigenvalue weighted by molar-refractivity contribution is -0.137. The first-order valence-electron chi connectivity index (χ1n) is 8.42. The van der Waals surface area contributed by atoms with E-state index >= 15 is 0 Å². The van der Waals surface area contributed by atoms with Gasteiger partial charge < -0.3 is 10.8 Å². The Labute approximate surface area is 141 Å². The molecule has 1 saturated carbocycles. The average Bonchev–Trinajstić information content (AvgIpc) is 2.48. The molecule has 1 aliphatic heterocycles. The van der Waals surface area contributed by atoms with Crippen LogP contribution >= 0.6 is 0 Å². The Kier molecular flexibility index (Phi) is 5.93. The van der Waals surface area contributed by atoms with E-state index in [0.29, 0.717) is 24.5 Å². The Morgan fingerprint density at radius 1 is 1.42 bits per heavy atom. The molecule has 5 N–H and O–H groups in total. The number of urea groups is 1. The van der Waals surface area contributed by atoms with Crippen LogP contribution in [0.2, 0.25) is 0 Å². The van der Waals surface area contributed by atoms with E-state index in [1.807, 2.05) is 6.92 Å². The fourth-order valence-electron chi connectivity index (χ4n) is 3.83. The Hall–Kier alpha value is -1.96. The maximum Gasteiger partial charge on any atom is 0.332 e. The molecule has 8 nitrogen and oxygen atoms in total. The molecule has 4 amide bonds. The van der Waals surface area contributed by atoms with E-state index in [2.05, 4.69) is 22.8 Å². The zero-order chi connectivity index (χ0) is 17.9. The summed E-state index contributed by atoms with van der Waals surface area (Å²) < 4.78 is 0. The third-order valence-electron chi connectivity index (χ3n) is 4.94. The topological polar surface area (TPSA) is 134 Å². The lowest BCUT2D eigenvalue weighted by atomic mass is 9.71. The monoisotopic (exact) mass is 338 g/mol. The van der Waals surface area contributed by atoms with Gasteiger partial charge in [-0.05, 0) is 37.5 Å². The van der Waals surface area contributed by atoms with Crippen molar-refractivity contribution in [3.63, 3.8) is 0 Å². The van der Waals surface area contributed by atoms with Crippen LogP contribution in [-0.4, -0.2) is 34.8 Å². The van der Waals surface area contributed by atoms with Crippen LogP contribution in [0.5, 0.6) is 0 Å². The third kappa shape index (κ3) is 4.53. The molecule has 24 heavy (non-hydrogen) atoms. The summed E-state index contributed by atoms with van der Waals surface area (Å²) in [5.74, 6) is -0.679. The van der Waals surface area contributed by atoms with Gasteiger partial charge in [0.2, 0.25) is 11.8 Å². The standard InChI is InChI=1S/C16H26N4O4/c1-8-5-9(2)14(19-20-16(17)24)11(6-8)12(21)7-10-3-4-13(22)18-15(10)23/h8-12,21H,3-7H2,1-2H3,(H3,17,20,24)(H,18,22,23)/b19-14+/t8-,9+,10+,11+,12-/m1/s1. The molecule has 2 aliphatic rings. The van der Waals surface area contributed by atoms with Crippen LogP contribution in [0.1, 0.15) is 46.0 Å². The molecule has 134 valence electrons. The van der Waals surface area contributed by atoms with Crippen LogP contribution in [0.15, 0.2) is 5.10 Å². The van der Waals surface area contributed by atoms with Gasteiger partial charge in [0.15, 0.2) is 0 Å². The molecule has 0 aromatic carbocycles. The molecule has 5 atom stereocenters. The molecule has 2 fully saturated rings. The second kappa shape index (κ2) is 7.74. The van der Waals surface area contributed by atoms with E-state index in [4.69, 9.17) is 5.73 Å². The number of hydrogen-bond donors (Lipinski definition) is 4. The van der Waals surface area contributed by atoms with Crippen LogP contribution in [0, 0.1) is 23.7 Å². The predicted molar refractivity (Wildman–Crippen MR) is 87.7 cm³/mol. The van der Waals surface area contributed by atoms with Crippen LogP contribution in [-0.2, 0) is 9.59 Å². The highest BCUT2D eigenvalue weighted by molar-refractivity contribution is 5.98. The number of aliphatic hydroxyl groups excluding tert-OH is 1. The number of hydrazone groups is 1. The Bertz CT molecular complexity index is 548. The van der Waals surface area contributed by atoms with Crippen molar-refractivity contribution < 1.29 is 19.5 Å². The number of nitrogens with one attached hydrogen (secondary N) is 2. The minimum absolute atomic E-state index is 0.113. The molecule has 0 spiro atoms. The van der Waals surface area contributed by atoms with Crippen molar-refractivity contribution in [1.29, 1.82) is 0 Å². The number of nitrogens with zero attached hydrogens (tertiary/aromatic N) is 1. The molecular formula is C16H26N4O4. The average molecular weight is 338 g/mol. The second-order valence-corrected chi connectivity index (χ2v) is 7.05. The van der Waals surface area contributed by atoms with Gasteiger partial charge in [-0.25, -0.2) is 10.2 Å². The van der Waals surface area contributed by atoms with Gasteiger partial charge in [-0.1, -0.05) is 13.8 Å². The van der Waals surface area contributed by atoms with E-state index in [1.165, 1.54) is 0 Å². The summed E-state index contributed by atoms with van der Waals surface area (Å²) in [7, 11) is 0. The molecule has 1 aliphatic carbocycles. The van der Waals surface area contributed by atoms with Gasteiger partial charge in [-0.15, -0.1) is 0 Å². The first-order chi connectivity index (χ1) is 11.3. The van der Waals surface area contributed by atoms with Crippen LogP contribution < -0.4 is 16.5 Å². The normalized spacial score (nSPS) is 33.9. The molecule has 2 rings (SSSR count). The third-order valence-corrected chi connectivity index (χ3v) is 4.94. The lowest BCUT2D eigenvalue weighted by Gasteiger charge is -2.37. The minimum atomic E-state index is -0.757. The highest BCUT2D eigenvalue weighted by Gasteiger charge is 2.38. The van der Waals surface area contributed by atoms with Gasteiger partial charge in [0.25, 0.3) is 0 Å². The maximum atomic E-state index is 11.9. The number of piperidine rings is 1. The smallest absolute Gasteiger partial charge is 0.332 e. The van der Waals surface area contributed by atoms with Crippen LogP contribution in [0.4, 0.5) is 4.79 Å². The number of nitrogens with two attached hydrogens (primary N) is 1. The molecular weight excluding hydrogens is 312 g/mol. The van der Waals surface area contributed by atoms with Crippen molar-refractivity contribution in [1.82, 2.24) is 10.7 Å². The number of hydrogen-bond acceptors (Lipinski definition) is 5. The summed E-state index contributed by atoms with van der Waals surface area (Å²) in [6.07, 6.45) is 1.92. The summed E-state index contributed by atoms with van der Waals surface area (Å²) in [5.41, 5.74) is 8.05. The summed E-state index contributed by atoms with van der Waals surface area (Å²) in [6, 6.07) is -0.744. The van der Waals surface area contributed by atoms with Crippen LogP contribution in [0.25, 0.3) is 0 Å². The molecule has 8 heteroatoms. The zero-order valence-electron chi connectivity index (χ0n) is 14.1. The van der Waals surface area contributed by atoms with E-state index in [0.717, 1.165) is 12.8 Å². The highest BCUT2D eigenvalue weighted by Crippen LogP contribution is 2.35. The van der Waals surface area contributed by atoms with Crippen molar-refractivity contribution in [3.05, 3.63) is 0 Å². The Morgan fingerprint density at radius 2 is 2.12 bits per heavy atom. The number of aliphatic hydroxyl groups is 1.